The molecule has 1 atom stereocenters. The summed E-state index contributed by atoms with van der Waals surface area (Å²) in [5.41, 5.74) is 1.32. The number of ether oxygens (including phenoxy) is 2. The van der Waals surface area contributed by atoms with Crippen LogP contribution in [0.2, 0.25) is 5.02 Å². The molecule has 2 aliphatic heterocycles. The van der Waals surface area contributed by atoms with Gasteiger partial charge in [0.25, 0.3) is 0 Å². The van der Waals surface area contributed by atoms with Gasteiger partial charge in [-0.2, -0.15) is 0 Å². The van der Waals surface area contributed by atoms with Gasteiger partial charge in [-0.05, 0) is 81.0 Å². The van der Waals surface area contributed by atoms with Crippen LogP contribution in [0, 0.1) is 6.92 Å². The second-order valence-corrected chi connectivity index (χ2v) is 10.7. The van der Waals surface area contributed by atoms with Crippen LogP contribution in [0.4, 0.5) is 0 Å². The van der Waals surface area contributed by atoms with Crippen LogP contribution in [0.25, 0.3) is 0 Å². The summed E-state index contributed by atoms with van der Waals surface area (Å²) in [7, 11) is 0. The van der Waals surface area contributed by atoms with Gasteiger partial charge in [0, 0.05) is 32.6 Å². The number of aryl methyl sites for hydroxylation is 1. The molecule has 6 nitrogen and oxygen atoms in total. The molecule has 0 radical (unpaired) electrons. The minimum Gasteiger partial charge on any atom is -0.494 e. The van der Waals surface area contributed by atoms with Crippen molar-refractivity contribution in [3.8, 4) is 11.5 Å². The highest BCUT2D eigenvalue weighted by Gasteiger charge is 2.34. The van der Waals surface area contributed by atoms with E-state index in [1.54, 1.807) is 0 Å². The molecule has 2 aromatic carbocycles. The van der Waals surface area contributed by atoms with Crippen LogP contribution in [0.5, 0.6) is 11.5 Å². The van der Waals surface area contributed by atoms with Crippen LogP contribution >= 0.6 is 11.6 Å². The van der Waals surface area contributed by atoms with Crippen molar-refractivity contribution in [2.24, 2.45) is 0 Å². The van der Waals surface area contributed by atoms with E-state index in [9.17, 15) is 9.90 Å². The molecule has 7 heteroatoms. The summed E-state index contributed by atoms with van der Waals surface area (Å²) in [5, 5.41) is 11.8. The SMILES string of the molecule is Cc1ccc(Cl)c(OC[C@]2(O)CCCN(Cc3cccc(OCCCN4CCCCCC4=O)c3)C2)c1. The Morgan fingerprint density at radius 1 is 1.06 bits per heavy atom. The van der Waals surface area contributed by atoms with Crippen molar-refractivity contribution >= 4 is 17.5 Å². The molecule has 0 bridgehead atoms. The molecule has 0 unspecified atom stereocenters. The van der Waals surface area contributed by atoms with Gasteiger partial charge >= 0.3 is 0 Å². The molecule has 2 aliphatic rings. The van der Waals surface area contributed by atoms with Gasteiger partial charge in [0.15, 0.2) is 0 Å². The summed E-state index contributed by atoms with van der Waals surface area (Å²) in [6.45, 7) is 6.67. The van der Waals surface area contributed by atoms with Gasteiger partial charge in [-0.15, -0.1) is 0 Å². The molecule has 2 heterocycles. The van der Waals surface area contributed by atoms with E-state index in [1.165, 1.54) is 0 Å². The van der Waals surface area contributed by atoms with E-state index in [2.05, 4.69) is 17.0 Å². The van der Waals surface area contributed by atoms with Crippen LogP contribution in [0.1, 0.15) is 56.1 Å². The third kappa shape index (κ3) is 7.86. The maximum absolute atomic E-state index is 12.1. The van der Waals surface area contributed by atoms with E-state index in [-0.39, 0.29) is 12.5 Å². The monoisotopic (exact) mass is 514 g/mol. The van der Waals surface area contributed by atoms with Gasteiger partial charge in [0.05, 0.1) is 11.6 Å². The van der Waals surface area contributed by atoms with E-state index in [0.29, 0.717) is 36.8 Å². The van der Waals surface area contributed by atoms with Gasteiger partial charge in [0.2, 0.25) is 5.91 Å². The second-order valence-electron chi connectivity index (χ2n) is 10.3. The zero-order valence-electron chi connectivity index (χ0n) is 21.4. The number of piperidine rings is 1. The number of amides is 1. The molecule has 0 spiro atoms. The first-order chi connectivity index (χ1) is 17.4. The minimum absolute atomic E-state index is 0.218. The van der Waals surface area contributed by atoms with E-state index in [1.807, 2.05) is 42.2 Å². The number of hydrogen-bond donors (Lipinski definition) is 1. The first-order valence-corrected chi connectivity index (χ1v) is 13.6. The molecule has 0 aromatic heterocycles. The topological polar surface area (TPSA) is 62.2 Å². The van der Waals surface area contributed by atoms with Crippen molar-refractivity contribution in [3.63, 3.8) is 0 Å². The number of carbonyl (C=O) groups is 1. The molecule has 4 rings (SSSR count). The Kier molecular flexibility index (Phi) is 9.52. The molecule has 1 amide bonds. The highest BCUT2D eigenvalue weighted by atomic mass is 35.5. The number of aliphatic hydroxyl groups is 1. The third-order valence-corrected chi connectivity index (χ3v) is 7.35. The van der Waals surface area contributed by atoms with Crippen LogP contribution in [-0.4, -0.2) is 65.8 Å². The summed E-state index contributed by atoms with van der Waals surface area (Å²) < 4.78 is 11.9. The Morgan fingerprint density at radius 2 is 1.94 bits per heavy atom. The number of benzene rings is 2. The third-order valence-electron chi connectivity index (χ3n) is 7.03. The van der Waals surface area contributed by atoms with Crippen molar-refractivity contribution in [1.29, 1.82) is 0 Å². The van der Waals surface area contributed by atoms with Crippen LogP contribution < -0.4 is 9.47 Å². The van der Waals surface area contributed by atoms with Gasteiger partial charge in [-0.25, -0.2) is 0 Å². The first-order valence-electron chi connectivity index (χ1n) is 13.2. The van der Waals surface area contributed by atoms with Gasteiger partial charge < -0.3 is 19.5 Å². The van der Waals surface area contributed by atoms with Gasteiger partial charge in [-0.1, -0.05) is 36.2 Å². The van der Waals surface area contributed by atoms with Crippen LogP contribution in [-0.2, 0) is 11.3 Å². The van der Waals surface area contributed by atoms with E-state index in [4.69, 9.17) is 21.1 Å². The van der Waals surface area contributed by atoms with E-state index < -0.39 is 5.60 Å². The Morgan fingerprint density at radius 3 is 2.83 bits per heavy atom. The zero-order chi connectivity index (χ0) is 25.4. The molecule has 196 valence electrons. The minimum atomic E-state index is -0.912. The lowest BCUT2D eigenvalue weighted by molar-refractivity contribution is -0.130. The van der Waals surface area contributed by atoms with Crippen molar-refractivity contribution < 1.29 is 19.4 Å². The largest absolute Gasteiger partial charge is 0.494 e. The number of halogens is 1. The quantitative estimate of drug-likeness (QED) is 0.440. The fourth-order valence-electron chi connectivity index (χ4n) is 5.10. The van der Waals surface area contributed by atoms with Gasteiger partial charge in [0.1, 0.15) is 23.7 Å². The fraction of sp³-hybridized carbons (Fsp3) is 0.552. The first kappa shape index (κ1) is 26.8. The molecule has 1 N–H and O–H groups in total. The Labute approximate surface area is 220 Å². The smallest absolute Gasteiger partial charge is 0.222 e. The van der Waals surface area contributed by atoms with E-state index >= 15 is 0 Å². The van der Waals surface area contributed by atoms with Crippen molar-refractivity contribution in [2.75, 3.05) is 39.4 Å². The van der Waals surface area contributed by atoms with Crippen LogP contribution in [0.15, 0.2) is 42.5 Å². The van der Waals surface area contributed by atoms with Crippen molar-refractivity contribution in [2.45, 2.75) is 64.0 Å². The number of rotatable bonds is 10. The highest BCUT2D eigenvalue weighted by molar-refractivity contribution is 6.32. The molecule has 2 aromatic rings. The Bertz CT molecular complexity index is 1020. The lowest BCUT2D eigenvalue weighted by Crippen LogP contribution is -2.51. The molecule has 0 aliphatic carbocycles. The van der Waals surface area contributed by atoms with Crippen molar-refractivity contribution in [3.05, 3.63) is 58.6 Å². The van der Waals surface area contributed by atoms with E-state index in [0.717, 1.165) is 75.2 Å². The fourth-order valence-corrected chi connectivity index (χ4v) is 5.28. The summed E-state index contributed by atoms with van der Waals surface area (Å²) in [4.78, 5) is 16.4. The number of nitrogens with zero attached hydrogens (tertiary/aromatic N) is 2. The normalized spacial score (nSPS) is 21.3. The molecule has 2 fully saturated rings. The molecular weight excluding hydrogens is 476 g/mol. The van der Waals surface area contributed by atoms with Crippen LogP contribution in [0.3, 0.4) is 0 Å². The summed E-state index contributed by atoms with van der Waals surface area (Å²) >= 11 is 6.26. The molecular formula is C29H39ClN2O4. The lowest BCUT2D eigenvalue weighted by atomic mass is 9.93. The summed E-state index contributed by atoms with van der Waals surface area (Å²) in [6, 6.07) is 13.8. The predicted molar refractivity (Wildman–Crippen MR) is 143 cm³/mol. The average Bonchev–Trinajstić information content (AvgIpc) is 3.06. The van der Waals surface area contributed by atoms with Gasteiger partial charge in [-0.3, -0.25) is 9.69 Å². The highest BCUT2D eigenvalue weighted by Crippen LogP contribution is 2.29. The predicted octanol–water partition coefficient (Wildman–Crippen LogP) is 5.23. The zero-order valence-corrected chi connectivity index (χ0v) is 22.1. The molecule has 36 heavy (non-hydrogen) atoms. The van der Waals surface area contributed by atoms with Crippen molar-refractivity contribution in [1.82, 2.24) is 9.80 Å². The summed E-state index contributed by atoms with van der Waals surface area (Å²) in [6.07, 6.45) is 6.39. The Hall–Kier alpha value is -2.28. The number of β-amino-alcohol motifs (C(OH)–C–C–N with tert-alkyl or cyclic N) is 1. The number of carbonyl (C=O) groups excluding carboxylic acids is 1. The Balaban J connectivity index is 1.24. The molecule has 0 saturated carbocycles. The maximum atomic E-state index is 12.1. The lowest BCUT2D eigenvalue weighted by Gasteiger charge is -2.39. The average molecular weight is 515 g/mol. The standard InChI is InChI=1S/C29H39ClN2O4/c1-23-11-12-26(30)27(18-23)36-22-29(34)13-6-14-31(21-29)20-24-8-5-9-25(19-24)35-17-7-16-32-15-4-2-3-10-28(32)33/h5,8-9,11-12,18-19,34H,2-4,6-7,10,13-17,20-22H2,1H3/t29-/m0/s1. The molecule has 2 saturated heterocycles. The number of hydrogen-bond acceptors (Lipinski definition) is 5. The summed E-state index contributed by atoms with van der Waals surface area (Å²) in [5.74, 6) is 1.75. The number of likely N-dealkylation sites (tertiary alicyclic amines) is 2. The maximum Gasteiger partial charge on any atom is 0.222 e. The second kappa shape index (κ2) is 12.8.